The first-order chi connectivity index (χ1) is 11.2. The summed E-state index contributed by atoms with van der Waals surface area (Å²) in [5.41, 5.74) is 2.27. The fraction of sp³-hybridized carbons (Fsp3) is 0.188. The number of hydrogen-bond acceptors (Lipinski definition) is 5. The van der Waals surface area contributed by atoms with Crippen LogP contribution in [0.2, 0.25) is 0 Å². The molecule has 0 atom stereocenters. The second kappa shape index (κ2) is 5.60. The van der Waals surface area contributed by atoms with Crippen molar-refractivity contribution in [3.05, 3.63) is 53.8 Å². The number of aliphatic hydroxyl groups excluding tert-OH is 1. The molecular formula is C16H14N4O2S. The number of hydrogen-bond donors (Lipinski definition) is 1. The average Bonchev–Trinajstić information content (AvgIpc) is 3.21. The Balaban J connectivity index is 1.55. The number of carbonyl (C=O) groups excluding carboxylic acids is 1. The van der Waals surface area contributed by atoms with Gasteiger partial charge in [-0.3, -0.25) is 4.79 Å². The molecular weight excluding hydrogens is 312 g/mol. The van der Waals surface area contributed by atoms with E-state index in [0.29, 0.717) is 18.8 Å². The zero-order chi connectivity index (χ0) is 15.8. The van der Waals surface area contributed by atoms with Gasteiger partial charge < -0.3 is 10.0 Å². The smallest absolute Gasteiger partial charge is 0.273 e. The van der Waals surface area contributed by atoms with E-state index in [0.717, 1.165) is 16.3 Å². The van der Waals surface area contributed by atoms with Crippen LogP contribution in [-0.4, -0.2) is 49.9 Å². The summed E-state index contributed by atoms with van der Waals surface area (Å²) in [6.07, 6.45) is 3.24. The number of aliphatic hydroxyl groups is 1. The summed E-state index contributed by atoms with van der Waals surface area (Å²) >= 11 is 1.42. The summed E-state index contributed by atoms with van der Waals surface area (Å²) < 4.78 is 1.78. The van der Waals surface area contributed by atoms with Crippen molar-refractivity contribution in [3.63, 3.8) is 0 Å². The highest BCUT2D eigenvalue weighted by Gasteiger charge is 2.30. The van der Waals surface area contributed by atoms with Crippen molar-refractivity contribution in [1.82, 2.24) is 19.7 Å². The molecule has 0 spiro atoms. The summed E-state index contributed by atoms with van der Waals surface area (Å²) in [6.45, 7) is 0.773. The molecule has 1 N–H and O–H groups in total. The normalized spacial score (nSPS) is 14.7. The van der Waals surface area contributed by atoms with Crippen molar-refractivity contribution in [2.75, 3.05) is 13.1 Å². The Kier molecular flexibility index (Phi) is 3.44. The molecule has 1 fully saturated rings. The van der Waals surface area contributed by atoms with Gasteiger partial charge in [-0.15, -0.1) is 11.3 Å². The van der Waals surface area contributed by atoms with Gasteiger partial charge in [0, 0.05) is 30.2 Å². The van der Waals surface area contributed by atoms with Crippen molar-refractivity contribution in [2.24, 2.45) is 0 Å². The molecule has 0 radical (unpaired) electrons. The summed E-state index contributed by atoms with van der Waals surface area (Å²) in [7, 11) is 0. The Bertz CT molecular complexity index is 837. The van der Waals surface area contributed by atoms with Gasteiger partial charge in [0.15, 0.2) is 0 Å². The summed E-state index contributed by atoms with van der Waals surface area (Å²) in [6, 6.07) is 9.82. The highest BCUT2D eigenvalue weighted by atomic mass is 32.1. The predicted octanol–water partition coefficient (Wildman–Crippen LogP) is 1.81. The lowest BCUT2D eigenvalue weighted by Crippen LogP contribution is -2.53. The number of likely N-dealkylation sites (tertiary alicyclic amines) is 1. The van der Waals surface area contributed by atoms with E-state index in [2.05, 4.69) is 10.1 Å². The molecule has 2 aromatic heterocycles. The first kappa shape index (κ1) is 14.1. The summed E-state index contributed by atoms with van der Waals surface area (Å²) in [5, 5.41) is 16.1. The number of nitrogens with zero attached hydrogens (tertiary/aromatic N) is 4. The quantitative estimate of drug-likeness (QED) is 0.797. The molecule has 0 saturated carbocycles. The monoisotopic (exact) mass is 326 g/mol. The van der Waals surface area contributed by atoms with Gasteiger partial charge in [0.2, 0.25) is 0 Å². The molecule has 4 rings (SSSR count). The number of aromatic nitrogens is 3. The molecule has 7 heteroatoms. The molecule has 1 amide bonds. The Hall–Kier alpha value is -2.51. The highest BCUT2D eigenvalue weighted by molar-refractivity contribution is 7.13. The van der Waals surface area contributed by atoms with Gasteiger partial charge in [-0.1, -0.05) is 18.2 Å². The van der Waals surface area contributed by atoms with Crippen molar-refractivity contribution in [2.45, 2.75) is 6.10 Å². The topological polar surface area (TPSA) is 71.2 Å². The van der Waals surface area contributed by atoms with Crippen LogP contribution < -0.4 is 0 Å². The number of rotatable bonds is 3. The summed E-state index contributed by atoms with van der Waals surface area (Å²) in [5.74, 6) is -0.131. The largest absolute Gasteiger partial charge is 0.389 e. The molecule has 0 aliphatic carbocycles. The number of carbonyl (C=O) groups is 1. The van der Waals surface area contributed by atoms with E-state index in [-0.39, 0.29) is 5.91 Å². The van der Waals surface area contributed by atoms with Crippen molar-refractivity contribution in [3.8, 4) is 16.3 Å². The van der Waals surface area contributed by atoms with E-state index >= 15 is 0 Å². The molecule has 6 nitrogen and oxygen atoms in total. The number of amides is 1. The molecule has 1 aromatic carbocycles. The van der Waals surface area contributed by atoms with E-state index in [1.165, 1.54) is 11.3 Å². The zero-order valence-electron chi connectivity index (χ0n) is 12.2. The molecule has 1 saturated heterocycles. The second-order valence-corrected chi connectivity index (χ2v) is 6.27. The van der Waals surface area contributed by atoms with Crippen LogP contribution in [-0.2, 0) is 0 Å². The van der Waals surface area contributed by atoms with E-state index in [4.69, 9.17) is 0 Å². The Morgan fingerprint density at radius 1 is 1.26 bits per heavy atom. The number of thiazole rings is 1. The van der Waals surface area contributed by atoms with Crippen LogP contribution >= 0.6 is 11.3 Å². The molecule has 3 aromatic rings. The van der Waals surface area contributed by atoms with E-state index in [9.17, 15) is 9.90 Å². The van der Waals surface area contributed by atoms with Gasteiger partial charge in [0.25, 0.3) is 5.91 Å². The maximum absolute atomic E-state index is 12.2. The maximum atomic E-state index is 12.2. The maximum Gasteiger partial charge on any atom is 0.273 e. The second-order valence-electron chi connectivity index (χ2n) is 5.41. The standard InChI is InChI=1S/C16H14N4O2S/c21-13-8-19(9-13)16(22)14-10-23-15(18-14)11-6-17-20(7-11)12-4-2-1-3-5-12/h1-7,10,13,21H,8-9H2. The summed E-state index contributed by atoms with van der Waals surface area (Å²) in [4.78, 5) is 18.2. The van der Waals surface area contributed by atoms with Crippen molar-refractivity contribution >= 4 is 17.2 Å². The zero-order valence-corrected chi connectivity index (χ0v) is 13.0. The van der Waals surface area contributed by atoms with Crippen LogP contribution in [0, 0.1) is 0 Å². The Morgan fingerprint density at radius 3 is 2.78 bits per heavy atom. The van der Waals surface area contributed by atoms with Crippen LogP contribution in [0.25, 0.3) is 16.3 Å². The van der Waals surface area contributed by atoms with Crippen LogP contribution in [0.1, 0.15) is 10.5 Å². The fourth-order valence-corrected chi connectivity index (χ4v) is 3.21. The van der Waals surface area contributed by atoms with Gasteiger partial charge >= 0.3 is 0 Å². The molecule has 23 heavy (non-hydrogen) atoms. The Labute approximate surface area is 136 Å². The fourth-order valence-electron chi connectivity index (χ4n) is 2.44. The van der Waals surface area contributed by atoms with E-state index < -0.39 is 6.10 Å². The molecule has 1 aliphatic heterocycles. The van der Waals surface area contributed by atoms with Gasteiger partial charge in [0.05, 0.1) is 18.0 Å². The van der Waals surface area contributed by atoms with Crippen LogP contribution in [0.15, 0.2) is 48.1 Å². The van der Waals surface area contributed by atoms with Gasteiger partial charge in [0.1, 0.15) is 10.7 Å². The van der Waals surface area contributed by atoms with E-state index in [1.807, 2.05) is 36.5 Å². The predicted molar refractivity (Wildman–Crippen MR) is 86.6 cm³/mol. The van der Waals surface area contributed by atoms with Gasteiger partial charge in [-0.2, -0.15) is 5.10 Å². The molecule has 0 bridgehead atoms. The first-order valence-electron chi connectivity index (χ1n) is 7.24. The van der Waals surface area contributed by atoms with Crippen LogP contribution in [0.5, 0.6) is 0 Å². The van der Waals surface area contributed by atoms with Crippen LogP contribution in [0.3, 0.4) is 0 Å². The molecule has 0 unspecified atom stereocenters. The van der Waals surface area contributed by atoms with Gasteiger partial charge in [-0.05, 0) is 12.1 Å². The minimum Gasteiger partial charge on any atom is -0.389 e. The lowest BCUT2D eigenvalue weighted by Gasteiger charge is -2.35. The third-order valence-electron chi connectivity index (χ3n) is 3.72. The van der Waals surface area contributed by atoms with Crippen molar-refractivity contribution < 1.29 is 9.90 Å². The SMILES string of the molecule is O=C(c1csc(-c2cnn(-c3ccccc3)c2)n1)N1CC(O)C1. The minimum atomic E-state index is -0.402. The third-order valence-corrected chi connectivity index (χ3v) is 4.61. The molecule has 1 aliphatic rings. The lowest BCUT2D eigenvalue weighted by atomic mass is 10.1. The molecule has 3 heterocycles. The third kappa shape index (κ3) is 2.64. The number of β-amino-alcohol motifs (C(OH)–C–C–N with tert-alkyl or cyclic N) is 1. The average molecular weight is 326 g/mol. The van der Waals surface area contributed by atoms with Crippen LogP contribution in [0.4, 0.5) is 0 Å². The molecule has 116 valence electrons. The van der Waals surface area contributed by atoms with Crippen molar-refractivity contribution in [1.29, 1.82) is 0 Å². The number of benzene rings is 1. The lowest BCUT2D eigenvalue weighted by molar-refractivity contribution is 0.00556. The minimum absolute atomic E-state index is 0.131. The Morgan fingerprint density at radius 2 is 2.04 bits per heavy atom. The van der Waals surface area contributed by atoms with E-state index in [1.54, 1.807) is 21.2 Å². The first-order valence-corrected chi connectivity index (χ1v) is 8.12. The number of para-hydroxylation sites is 1. The highest BCUT2D eigenvalue weighted by Crippen LogP contribution is 2.25. The van der Waals surface area contributed by atoms with Gasteiger partial charge in [-0.25, -0.2) is 9.67 Å².